The number of rotatable bonds is 6. The molecule has 0 saturated heterocycles. The van der Waals surface area contributed by atoms with Gasteiger partial charge in [0.05, 0.1) is 21.3 Å². The zero-order chi connectivity index (χ0) is 22.6. The Labute approximate surface area is 190 Å². The average Bonchev–Trinajstić information content (AvgIpc) is 2.81. The predicted molar refractivity (Wildman–Crippen MR) is 127 cm³/mol. The second-order valence-electron chi connectivity index (χ2n) is 6.85. The van der Waals surface area contributed by atoms with Crippen LogP contribution in [0.4, 0.5) is 5.69 Å². The van der Waals surface area contributed by atoms with Crippen molar-refractivity contribution in [2.24, 2.45) is 4.40 Å². The van der Waals surface area contributed by atoms with Crippen LogP contribution >= 0.6 is 11.8 Å². The summed E-state index contributed by atoms with van der Waals surface area (Å²) in [6.07, 6.45) is 1.44. The SMILES string of the molecule is O=C(CSC1=C/C(=N\S(=O)(=O)c2ccccc2)c2ccccc2C1=O)Nc1ccccc1. The van der Waals surface area contributed by atoms with Crippen molar-refractivity contribution in [1.82, 2.24) is 0 Å². The first-order chi connectivity index (χ1) is 15.4. The molecule has 1 N–H and O–H groups in total. The number of thioether (sulfide) groups is 1. The van der Waals surface area contributed by atoms with E-state index in [1.54, 1.807) is 54.6 Å². The summed E-state index contributed by atoms with van der Waals surface area (Å²) in [5.41, 5.74) is 1.61. The van der Waals surface area contributed by atoms with Crippen LogP contribution in [-0.2, 0) is 14.8 Å². The number of nitrogens with zero attached hydrogens (tertiary/aromatic N) is 1. The van der Waals surface area contributed by atoms with Gasteiger partial charge in [-0.25, -0.2) is 0 Å². The van der Waals surface area contributed by atoms with Crippen molar-refractivity contribution >= 4 is 44.9 Å². The van der Waals surface area contributed by atoms with E-state index in [1.807, 2.05) is 18.2 Å². The second kappa shape index (κ2) is 9.33. The summed E-state index contributed by atoms with van der Waals surface area (Å²) >= 11 is 1.05. The molecular formula is C24H18N2O4S2. The molecule has 160 valence electrons. The Morgan fingerprint density at radius 1 is 0.844 bits per heavy atom. The van der Waals surface area contributed by atoms with E-state index < -0.39 is 10.0 Å². The predicted octanol–water partition coefficient (Wildman–Crippen LogP) is 4.32. The normalized spacial score (nSPS) is 14.6. The topological polar surface area (TPSA) is 92.7 Å². The first-order valence-corrected chi connectivity index (χ1v) is 12.1. The molecule has 4 rings (SSSR count). The zero-order valence-corrected chi connectivity index (χ0v) is 18.4. The molecule has 1 aliphatic rings. The van der Waals surface area contributed by atoms with Crippen molar-refractivity contribution in [1.29, 1.82) is 0 Å². The van der Waals surface area contributed by atoms with Crippen LogP contribution in [0.1, 0.15) is 15.9 Å². The van der Waals surface area contributed by atoms with Crippen LogP contribution in [0.2, 0.25) is 0 Å². The van der Waals surface area contributed by atoms with Gasteiger partial charge in [0.25, 0.3) is 10.0 Å². The van der Waals surface area contributed by atoms with Crippen LogP contribution < -0.4 is 5.32 Å². The zero-order valence-electron chi connectivity index (χ0n) is 16.8. The number of allylic oxidation sites excluding steroid dienone is 2. The van der Waals surface area contributed by atoms with Gasteiger partial charge >= 0.3 is 0 Å². The minimum Gasteiger partial charge on any atom is -0.325 e. The van der Waals surface area contributed by atoms with Gasteiger partial charge in [0, 0.05) is 16.8 Å². The Kier molecular flexibility index (Phi) is 6.34. The molecule has 8 heteroatoms. The number of anilines is 1. The molecule has 3 aromatic carbocycles. The van der Waals surface area contributed by atoms with Gasteiger partial charge in [0.1, 0.15) is 0 Å². The molecule has 0 heterocycles. The van der Waals surface area contributed by atoms with Gasteiger partial charge in [-0.15, -0.1) is 11.8 Å². The van der Waals surface area contributed by atoms with E-state index in [2.05, 4.69) is 9.71 Å². The van der Waals surface area contributed by atoms with Gasteiger partial charge in [-0.05, 0) is 30.3 Å². The number of benzene rings is 3. The van der Waals surface area contributed by atoms with Crippen LogP contribution in [0.25, 0.3) is 0 Å². The van der Waals surface area contributed by atoms with Crippen LogP contribution in [0.15, 0.2) is 105 Å². The lowest BCUT2D eigenvalue weighted by Gasteiger charge is -2.17. The van der Waals surface area contributed by atoms with E-state index in [0.717, 1.165) is 11.8 Å². The molecule has 0 saturated carbocycles. The Hall–Kier alpha value is -3.49. The summed E-state index contributed by atoms with van der Waals surface area (Å²) in [4.78, 5) is 25.6. The summed E-state index contributed by atoms with van der Waals surface area (Å²) in [6, 6.07) is 23.6. The van der Waals surface area contributed by atoms with Crippen LogP contribution in [0.3, 0.4) is 0 Å². The lowest BCUT2D eigenvalue weighted by atomic mass is 9.94. The fourth-order valence-corrected chi connectivity index (χ4v) is 4.94. The summed E-state index contributed by atoms with van der Waals surface area (Å²) in [5, 5.41) is 2.76. The van der Waals surface area contributed by atoms with Gasteiger partial charge in [0.15, 0.2) is 5.78 Å². The van der Waals surface area contributed by atoms with Gasteiger partial charge in [-0.3, -0.25) is 9.59 Å². The molecule has 0 aliphatic heterocycles. The van der Waals surface area contributed by atoms with Gasteiger partial charge in [-0.2, -0.15) is 12.8 Å². The lowest BCUT2D eigenvalue weighted by molar-refractivity contribution is -0.113. The molecular weight excluding hydrogens is 444 g/mol. The number of para-hydroxylation sites is 1. The number of fused-ring (bicyclic) bond motifs is 1. The monoisotopic (exact) mass is 462 g/mol. The van der Waals surface area contributed by atoms with Crippen molar-refractivity contribution in [3.63, 3.8) is 0 Å². The summed E-state index contributed by atoms with van der Waals surface area (Å²) in [5.74, 6) is -0.550. The Morgan fingerprint density at radius 3 is 2.12 bits per heavy atom. The molecule has 6 nitrogen and oxygen atoms in total. The maximum atomic E-state index is 12.9. The van der Waals surface area contributed by atoms with E-state index in [9.17, 15) is 18.0 Å². The van der Waals surface area contributed by atoms with Crippen LogP contribution in [0.5, 0.6) is 0 Å². The first kappa shape index (κ1) is 21.7. The van der Waals surface area contributed by atoms with Crippen LogP contribution in [0, 0.1) is 0 Å². The number of carbonyl (C=O) groups is 2. The quantitative estimate of drug-likeness (QED) is 0.589. The number of carbonyl (C=O) groups excluding carboxylic acids is 2. The lowest BCUT2D eigenvalue weighted by Crippen LogP contribution is -2.19. The standard InChI is InChI=1S/C24H18N2O4S2/c27-23(25-17-9-3-1-4-10-17)16-31-22-15-21(19-13-7-8-14-20(19)24(22)28)26-32(29,30)18-11-5-2-6-12-18/h1-15H,16H2,(H,25,27)/b26-21+. The van der Waals surface area contributed by atoms with Crippen LogP contribution in [-0.4, -0.2) is 31.6 Å². The Morgan fingerprint density at radius 2 is 1.44 bits per heavy atom. The molecule has 0 radical (unpaired) electrons. The molecule has 1 amide bonds. The third kappa shape index (κ3) is 4.87. The summed E-state index contributed by atoms with van der Waals surface area (Å²) in [6.45, 7) is 0. The van der Waals surface area contributed by atoms with E-state index >= 15 is 0 Å². The minimum absolute atomic E-state index is 0.00660. The van der Waals surface area contributed by atoms with Crippen molar-refractivity contribution in [3.8, 4) is 0 Å². The highest BCUT2D eigenvalue weighted by Gasteiger charge is 2.26. The summed E-state index contributed by atoms with van der Waals surface area (Å²) in [7, 11) is -3.97. The van der Waals surface area contributed by atoms with Crippen molar-refractivity contribution < 1.29 is 18.0 Å². The van der Waals surface area contributed by atoms with E-state index in [0.29, 0.717) is 16.8 Å². The smallest absolute Gasteiger partial charge is 0.282 e. The van der Waals surface area contributed by atoms with Crippen molar-refractivity contribution in [3.05, 3.63) is 107 Å². The van der Waals surface area contributed by atoms with Gasteiger partial charge in [0.2, 0.25) is 5.91 Å². The second-order valence-corrected chi connectivity index (χ2v) is 9.47. The molecule has 0 spiro atoms. The highest BCUT2D eigenvalue weighted by Crippen LogP contribution is 2.29. The molecule has 0 unspecified atom stereocenters. The number of sulfonamides is 1. The van der Waals surface area contributed by atoms with E-state index in [-0.39, 0.29) is 33.0 Å². The number of nitrogens with one attached hydrogen (secondary N) is 1. The fraction of sp³-hybridized carbons (Fsp3) is 0.0417. The first-order valence-electron chi connectivity index (χ1n) is 9.67. The van der Waals surface area contributed by atoms with Crippen molar-refractivity contribution in [2.45, 2.75) is 4.90 Å². The van der Waals surface area contributed by atoms with E-state index in [1.165, 1.54) is 18.2 Å². The molecule has 3 aromatic rings. The number of hydrogen-bond acceptors (Lipinski definition) is 5. The largest absolute Gasteiger partial charge is 0.325 e. The highest BCUT2D eigenvalue weighted by molar-refractivity contribution is 8.04. The number of amides is 1. The Bertz CT molecular complexity index is 1330. The Balaban J connectivity index is 1.62. The molecule has 0 bridgehead atoms. The van der Waals surface area contributed by atoms with Gasteiger partial charge in [-0.1, -0.05) is 60.7 Å². The third-order valence-electron chi connectivity index (χ3n) is 4.62. The summed E-state index contributed by atoms with van der Waals surface area (Å²) < 4.78 is 29.6. The minimum atomic E-state index is -3.97. The number of hydrogen-bond donors (Lipinski definition) is 1. The molecule has 0 atom stereocenters. The third-order valence-corrected chi connectivity index (χ3v) is 6.94. The molecule has 0 fully saturated rings. The number of Topliss-reactive ketones (excluding diaryl/α,β-unsaturated/α-hetero) is 1. The van der Waals surface area contributed by atoms with E-state index in [4.69, 9.17) is 0 Å². The average molecular weight is 463 g/mol. The maximum Gasteiger partial charge on any atom is 0.282 e. The maximum absolute atomic E-state index is 12.9. The molecule has 1 aliphatic carbocycles. The van der Waals surface area contributed by atoms with Gasteiger partial charge < -0.3 is 5.32 Å². The highest BCUT2D eigenvalue weighted by atomic mass is 32.2. The number of ketones is 1. The fourth-order valence-electron chi connectivity index (χ4n) is 3.12. The molecule has 32 heavy (non-hydrogen) atoms. The molecule has 0 aromatic heterocycles. The van der Waals surface area contributed by atoms with Crippen molar-refractivity contribution in [2.75, 3.05) is 11.1 Å².